The highest BCUT2D eigenvalue weighted by atomic mass is 19.4. The van der Waals surface area contributed by atoms with Crippen LogP contribution in [0.4, 0.5) is 12.9 Å². The molecule has 1 aliphatic rings. The summed E-state index contributed by atoms with van der Waals surface area (Å²) in [5.74, 6) is 1.01. The largest absolute Gasteiger partial charge is 0.513 e. The Morgan fingerprint density at radius 1 is 1.05 bits per heavy atom. The van der Waals surface area contributed by atoms with Crippen LogP contribution in [0.15, 0.2) is 18.2 Å². The second-order valence-corrected chi connectivity index (χ2v) is 6.27. The van der Waals surface area contributed by atoms with Gasteiger partial charge in [0.1, 0.15) is 0 Å². The molecule has 1 aromatic rings. The minimum Gasteiger partial charge on any atom is -0.493 e. The molecule has 0 aromatic heterocycles. The zero-order valence-electron chi connectivity index (χ0n) is 12.2. The first kappa shape index (κ1) is 15.3. The molecule has 20 heavy (non-hydrogen) atoms. The molecule has 0 spiro atoms. The zero-order chi connectivity index (χ0) is 14.9. The second-order valence-electron chi connectivity index (χ2n) is 6.27. The highest BCUT2D eigenvalue weighted by Gasteiger charge is 2.31. The van der Waals surface area contributed by atoms with Gasteiger partial charge < -0.3 is 17.7 Å². The predicted molar refractivity (Wildman–Crippen MR) is 76.5 cm³/mol. The van der Waals surface area contributed by atoms with Crippen LogP contribution in [0, 0.1) is 18.8 Å². The summed E-state index contributed by atoms with van der Waals surface area (Å²) in [6.45, 7) is 0.900. The molecule has 2 atom stereocenters. The van der Waals surface area contributed by atoms with Crippen molar-refractivity contribution in [3.05, 3.63) is 23.8 Å². The van der Waals surface area contributed by atoms with Gasteiger partial charge in [-0.05, 0) is 44.1 Å². The number of hydrogen-bond acceptors (Lipinski definition) is 1. The van der Waals surface area contributed by atoms with E-state index in [9.17, 15) is 12.9 Å². The maximum atomic E-state index is 13.1. The van der Waals surface area contributed by atoms with Crippen molar-refractivity contribution in [3.8, 4) is 5.75 Å². The normalized spacial score (nSPS) is 27.4. The van der Waals surface area contributed by atoms with Gasteiger partial charge in [-0.3, -0.25) is 0 Å². The summed E-state index contributed by atoms with van der Waals surface area (Å²) in [4.78, 5) is 0. The molecule has 2 rings (SSSR count). The molecule has 1 nitrogen and oxygen atoms in total. The van der Waals surface area contributed by atoms with Crippen LogP contribution < -0.4 is 10.2 Å². The lowest BCUT2D eigenvalue weighted by Gasteiger charge is -2.33. The molecule has 0 amide bonds. The number of rotatable bonds is 3. The SMILES string of the molecule is Cc1ccc(OC2CC(C)CC(C)C2)c([B-](F)(F)F)c1. The van der Waals surface area contributed by atoms with Gasteiger partial charge in [0.05, 0.1) is 11.9 Å². The Morgan fingerprint density at radius 3 is 2.20 bits per heavy atom. The maximum absolute atomic E-state index is 13.1. The summed E-state index contributed by atoms with van der Waals surface area (Å²) in [6, 6.07) is 4.32. The molecule has 0 heterocycles. The molecule has 0 radical (unpaired) electrons. The molecular weight excluding hydrogens is 264 g/mol. The Kier molecular flexibility index (Phi) is 4.35. The Hall–Kier alpha value is -1.13. The highest BCUT2D eigenvalue weighted by Crippen LogP contribution is 2.31. The number of hydrogen-bond donors (Lipinski definition) is 0. The van der Waals surface area contributed by atoms with Gasteiger partial charge in [-0.15, -0.1) is 0 Å². The second kappa shape index (κ2) is 5.70. The van der Waals surface area contributed by atoms with Gasteiger partial charge in [0.25, 0.3) is 0 Å². The molecule has 0 bridgehead atoms. The monoisotopic (exact) mass is 285 g/mol. The average molecular weight is 285 g/mol. The quantitative estimate of drug-likeness (QED) is 0.754. The van der Waals surface area contributed by atoms with E-state index in [1.807, 2.05) is 0 Å². The van der Waals surface area contributed by atoms with Gasteiger partial charge in [-0.25, -0.2) is 0 Å². The molecule has 1 saturated carbocycles. The van der Waals surface area contributed by atoms with E-state index >= 15 is 0 Å². The molecular formula is C15H21BF3O-. The van der Waals surface area contributed by atoms with Crippen LogP contribution in [0.25, 0.3) is 0 Å². The lowest BCUT2D eigenvalue weighted by molar-refractivity contribution is 0.102. The standard InChI is InChI=1S/C15H21BF3O/c1-10-4-5-15(14(9-10)16(17,18)19)20-13-7-11(2)6-12(3)8-13/h4-5,9,11-13H,6-8H2,1-3H3/q-1. The molecule has 1 aliphatic carbocycles. The summed E-state index contributed by atoms with van der Waals surface area (Å²) < 4.78 is 45.1. The third kappa shape index (κ3) is 3.71. The Labute approximate surface area is 118 Å². The Bertz CT molecular complexity index is 463. The van der Waals surface area contributed by atoms with E-state index in [1.54, 1.807) is 13.0 Å². The molecule has 112 valence electrons. The predicted octanol–water partition coefficient (Wildman–Crippen LogP) is 4.25. The first-order chi connectivity index (χ1) is 9.25. The number of aryl methyl sites for hydroxylation is 1. The summed E-state index contributed by atoms with van der Waals surface area (Å²) in [6.07, 6.45) is 2.70. The highest BCUT2D eigenvalue weighted by molar-refractivity contribution is 6.74. The van der Waals surface area contributed by atoms with Crippen molar-refractivity contribution in [2.75, 3.05) is 0 Å². The van der Waals surface area contributed by atoms with Gasteiger partial charge in [0, 0.05) is 0 Å². The number of benzene rings is 1. The molecule has 5 heteroatoms. The third-order valence-electron chi connectivity index (χ3n) is 3.95. The number of ether oxygens (including phenoxy) is 1. The average Bonchev–Trinajstić information content (AvgIpc) is 2.28. The molecule has 0 aliphatic heterocycles. The van der Waals surface area contributed by atoms with E-state index in [0.717, 1.165) is 19.3 Å². The summed E-state index contributed by atoms with van der Waals surface area (Å²) in [5, 5.41) is 0. The number of halogens is 3. The molecule has 0 N–H and O–H groups in total. The maximum Gasteiger partial charge on any atom is 0.513 e. The van der Waals surface area contributed by atoms with Gasteiger partial charge in [-0.2, -0.15) is 0 Å². The smallest absolute Gasteiger partial charge is 0.493 e. The molecule has 1 fully saturated rings. The van der Waals surface area contributed by atoms with Gasteiger partial charge >= 0.3 is 6.98 Å². The van der Waals surface area contributed by atoms with Crippen LogP contribution in [0.3, 0.4) is 0 Å². The fourth-order valence-corrected chi connectivity index (χ4v) is 3.18. The minimum atomic E-state index is -5.04. The van der Waals surface area contributed by atoms with Crippen LogP contribution in [-0.2, 0) is 0 Å². The van der Waals surface area contributed by atoms with Crippen molar-refractivity contribution in [2.24, 2.45) is 11.8 Å². The van der Waals surface area contributed by atoms with E-state index in [-0.39, 0.29) is 11.9 Å². The Morgan fingerprint density at radius 2 is 1.65 bits per heavy atom. The van der Waals surface area contributed by atoms with E-state index in [0.29, 0.717) is 17.4 Å². The topological polar surface area (TPSA) is 9.23 Å². The lowest BCUT2D eigenvalue weighted by atomic mass is 9.78. The Balaban J connectivity index is 2.21. The summed E-state index contributed by atoms with van der Waals surface area (Å²) in [7, 11) is 0. The van der Waals surface area contributed by atoms with Gasteiger partial charge in [-0.1, -0.05) is 37.0 Å². The fraction of sp³-hybridized carbons (Fsp3) is 0.600. The molecule has 2 unspecified atom stereocenters. The van der Waals surface area contributed by atoms with Crippen molar-refractivity contribution in [2.45, 2.75) is 46.1 Å². The third-order valence-corrected chi connectivity index (χ3v) is 3.95. The molecule has 0 saturated heterocycles. The fourth-order valence-electron chi connectivity index (χ4n) is 3.18. The van der Waals surface area contributed by atoms with Crippen molar-refractivity contribution in [1.82, 2.24) is 0 Å². The van der Waals surface area contributed by atoms with Crippen LogP contribution in [0.1, 0.15) is 38.7 Å². The van der Waals surface area contributed by atoms with Crippen LogP contribution in [0.5, 0.6) is 5.75 Å². The van der Waals surface area contributed by atoms with Crippen molar-refractivity contribution in [1.29, 1.82) is 0 Å². The van der Waals surface area contributed by atoms with Crippen LogP contribution >= 0.6 is 0 Å². The van der Waals surface area contributed by atoms with Crippen LogP contribution in [-0.4, -0.2) is 13.1 Å². The van der Waals surface area contributed by atoms with Gasteiger partial charge in [0.15, 0.2) is 0 Å². The first-order valence-corrected chi connectivity index (χ1v) is 7.23. The summed E-state index contributed by atoms with van der Waals surface area (Å²) in [5.41, 5.74) is 0.00723. The zero-order valence-corrected chi connectivity index (χ0v) is 12.2. The van der Waals surface area contributed by atoms with Crippen molar-refractivity contribution in [3.63, 3.8) is 0 Å². The molecule has 1 aromatic carbocycles. The minimum absolute atomic E-state index is 0.00519. The van der Waals surface area contributed by atoms with Crippen molar-refractivity contribution >= 4 is 12.4 Å². The lowest BCUT2D eigenvalue weighted by Crippen LogP contribution is -2.38. The summed E-state index contributed by atoms with van der Waals surface area (Å²) >= 11 is 0. The van der Waals surface area contributed by atoms with Gasteiger partial charge in [0.2, 0.25) is 0 Å². The van der Waals surface area contributed by atoms with E-state index in [4.69, 9.17) is 4.74 Å². The van der Waals surface area contributed by atoms with E-state index < -0.39 is 12.4 Å². The van der Waals surface area contributed by atoms with Crippen LogP contribution in [0.2, 0.25) is 0 Å². The first-order valence-electron chi connectivity index (χ1n) is 7.23. The van der Waals surface area contributed by atoms with E-state index in [1.165, 1.54) is 12.1 Å². The van der Waals surface area contributed by atoms with E-state index in [2.05, 4.69) is 13.8 Å². The van der Waals surface area contributed by atoms with Crippen molar-refractivity contribution < 1.29 is 17.7 Å².